The largest absolute Gasteiger partial charge is 0.316 e. The minimum atomic E-state index is 0.668. The number of hydrogen-bond donors (Lipinski definition) is 1. The first-order valence-corrected chi connectivity index (χ1v) is 5.14. The molecular weight excluding hydrogens is 158 g/mol. The van der Waals surface area contributed by atoms with Crippen LogP contribution in [0.4, 0.5) is 0 Å². The molecule has 0 unspecified atom stereocenters. The molecule has 0 radical (unpaired) electrons. The lowest BCUT2D eigenvalue weighted by Gasteiger charge is -2.15. The molecule has 0 aliphatic carbocycles. The van der Waals surface area contributed by atoms with E-state index in [-0.39, 0.29) is 0 Å². The van der Waals surface area contributed by atoms with E-state index in [0.29, 0.717) is 5.92 Å². The van der Waals surface area contributed by atoms with E-state index in [9.17, 15) is 0 Å². The SMILES string of the molecule is CCNC[C@H](CC)c1ccccc1. The van der Waals surface area contributed by atoms with Gasteiger partial charge in [0.15, 0.2) is 0 Å². The van der Waals surface area contributed by atoms with Gasteiger partial charge in [-0.3, -0.25) is 0 Å². The van der Waals surface area contributed by atoms with E-state index in [1.807, 2.05) is 0 Å². The molecule has 0 saturated heterocycles. The third-order valence-corrected chi connectivity index (χ3v) is 2.40. The van der Waals surface area contributed by atoms with E-state index < -0.39 is 0 Å². The van der Waals surface area contributed by atoms with E-state index >= 15 is 0 Å². The van der Waals surface area contributed by atoms with Crippen molar-refractivity contribution in [3.63, 3.8) is 0 Å². The number of nitrogens with one attached hydrogen (secondary N) is 1. The van der Waals surface area contributed by atoms with Gasteiger partial charge in [-0.1, -0.05) is 44.2 Å². The van der Waals surface area contributed by atoms with Crippen molar-refractivity contribution < 1.29 is 0 Å². The van der Waals surface area contributed by atoms with Gasteiger partial charge in [-0.25, -0.2) is 0 Å². The van der Waals surface area contributed by atoms with Gasteiger partial charge in [0, 0.05) is 6.54 Å². The van der Waals surface area contributed by atoms with E-state index in [1.165, 1.54) is 12.0 Å². The van der Waals surface area contributed by atoms with Gasteiger partial charge in [-0.2, -0.15) is 0 Å². The number of rotatable bonds is 5. The maximum atomic E-state index is 3.40. The lowest BCUT2D eigenvalue weighted by Crippen LogP contribution is -2.20. The average Bonchev–Trinajstić information content (AvgIpc) is 2.21. The fraction of sp³-hybridized carbons (Fsp3) is 0.500. The first kappa shape index (κ1) is 10.3. The van der Waals surface area contributed by atoms with Gasteiger partial charge < -0.3 is 5.32 Å². The third kappa shape index (κ3) is 3.19. The van der Waals surface area contributed by atoms with Crippen molar-refractivity contribution in [3.05, 3.63) is 35.9 Å². The molecule has 0 heterocycles. The van der Waals surface area contributed by atoms with Crippen molar-refractivity contribution in [3.8, 4) is 0 Å². The Kier molecular flexibility index (Phi) is 4.55. The Morgan fingerprint density at radius 1 is 1.15 bits per heavy atom. The second-order valence-electron chi connectivity index (χ2n) is 3.32. The van der Waals surface area contributed by atoms with Crippen LogP contribution in [-0.2, 0) is 0 Å². The average molecular weight is 177 g/mol. The summed E-state index contributed by atoms with van der Waals surface area (Å²) in [4.78, 5) is 0. The number of benzene rings is 1. The maximum Gasteiger partial charge on any atom is 0.00199 e. The summed E-state index contributed by atoms with van der Waals surface area (Å²) in [5, 5.41) is 3.40. The highest BCUT2D eigenvalue weighted by Gasteiger charge is 2.06. The Morgan fingerprint density at radius 3 is 2.38 bits per heavy atom. The zero-order valence-corrected chi connectivity index (χ0v) is 8.59. The molecule has 1 nitrogen and oxygen atoms in total. The molecule has 0 fully saturated rings. The monoisotopic (exact) mass is 177 g/mol. The summed E-state index contributed by atoms with van der Waals surface area (Å²) in [5.41, 5.74) is 1.45. The highest BCUT2D eigenvalue weighted by molar-refractivity contribution is 5.19. The molecule has 0 aliphatic rings. The predicted octanol–water partition coefficient (Wildman–Crippen LogP) is 2.79. The van der Waals surface area contributed by atoms with Crippen molar-refractivity contribution in [1.82, 2.24) is 5.32 Å². The van der Waals surface area contributed by atoms with Crippen LogP contribution in [0.5, 0.6) is 0 Å². The Hall–Kier alpha value is -0.820. The van der Waals surface area contributed by atoms with Crippen molar-refractivity contribution >= 4 is 0 Å². The van der Waals surface area contributed by atoms with Gasteiger partial charge in [0.2, 0.25) is 0 Å². The first-order chi connectivity index (χ1) is 6.38. The van der Waals surface area contributed by atoms with Gasteiger partial charge >= 0.3 is 0 Å². The van der Waals surface area contributed by atoms with Crippen molar-refractivity contribution in [1.29, 1.82) is 0 Å². The van der Waals surface area contributed by atoms with Crippen LogP contribution in [0.3, 0.4) is 0 Å². The Labute approximate surface area is 81.2 Å². The van der Waals surface area contributed by atoms with Crippen LogP contribution in [0.2, 0.25) is 0 Å². The number of likely N-dealkylation sites (N-methyl/N-ethyl adjacent to an activating group) is 1. The summed E-state index contributed by atoms with van der Waals surface area (Å²) >= 11 is 0. The van der Waals surface area contributed by atoms with Gasteiger partial charge in [0.05, 0.1) is 0 Å². The van der Waals surface area contributed by atoms with Crippen LogP contribution in [0.1, 0.15) is 31.7 Å². The smallest absolute Gasteiger partial charge is 0.00199 e. The van der Waals surface area contributed by atoms with Gasteiger partial charge in [0.1, 0.15) is 0 Å². The van der Waals surface area contributed by atoms with Crippen LogP contribution < -0.4 is 5.32 Å². The minimum absolute atomic E-state index is 0.668. The summed E-state index contributed by atoms with van der Waals surface area (Å²) in [6, 6.07) is 10.7. The van der Waals surface area contributed by atoms with Crippen molar-refractivity contribution in [2.75, 3.05) is 13.1 Å². The molecule has 1 heteroatoms. The van der Waals surface area contributed by atoms with E-state index in [2.05, 4.69) is 49.5 Å². The molecule has 0 bridgehead atoms. The lowest BCUT2D eigenvalue weighted by molar-refractivity contribution is 0.584. The van der Waals surface area contributed by atoms with E-state index in [4.69, 9.17) is 0 Å². The van der Waals surface area contributed by atoms with Crippen LogP contribution in [-0.4, -0.2) is 13.1 Å². The van der Waals surface area contributed by atoms with Crippen LogP contribution in [0.15, 0.2) is 30.3 Å². The highest BCUT2D eigenvalue weighted by Crippen LogP contribution is 2.17. The zero-order chi connectivity index (χ0) is 9.52. The molecular formula is C12H19N. The molecule has 0 saturated carbocycles. The van der Waals surface area contributed by atoms with Crippen LogP contribution >= 0.6 is 0 Å². The van der Waals surface area contributed by atoms with Gasteiger partial charge in [-0.15, -0.1) is 0 Å². The predicted molar refractivity (Wildman–Crippen MR) is 58.0 cm³/mol. The Balaban J connectivity index is 2.56. The summed E-state index contributed by atoms with van der Waals surface area (Å²) in [6.07, 6.45) is 1.21. The normalized spacial score (nSPS) is 12.8. The highest BCUT2D eigenvalue weighted by atomic mass is 14.8. The van der Waals surface area contributed by atoms with Gasteiger partial charge in [-0.05, 0) is 24.4 Å². The topological polar surface area (TPSA) is 12.0 Å². The molecule has 72 valence electrons. The first-order valence-electron chi connectivity index (χ1n) is 5.14. The standard InChI is InChI=1S/C12H19N/c1-3-11(10-13-4-2)12-8-6-5-7-9-12/h5-9,11,13H,3-4,10H2,1-2H3/t11-/m0/s1. The molecule has 1 aromatic rings. The second-order valence-corrected chi connectivity index (χ2v) is 3.32. The third-order valence-electron chi connectivity index (χ3n) is 2.40. The Bertz CT molecular complexity index is 218. The quantitative estimate of drug-likeness (QED) is 0.729. The molecule has 1 rings (SSSR count). The van der Waals surface area contributed by atoms with E-state index in [0.717, 1.165) is 13.1 Å². The molecule has 0 aromatic heterocycles. The van der Waals surface area contributed by atoms with Gasteiger partial charge in [0.25, 0.3) is 0 Å². The van der Waals surface area contributed by atoms with Crippen molar-refractivity contribution in [2.45, 2.75) is 26.2 Å². The lowest BCUT2D eigenvalue weighted by atomic mass is 9.97. The van der Waals surface area contributed by atoms with Crippen molar-refractivity contribution in [2.24, 2.45) is 0 Å². The molecule has 0 amide bonds. The molecule has 1 atom stereocenters. The molecule has 1 aromatic carbocycles. The zero-order valence-electron chi connectivity index (χ0n) is 8.59. The second kappa shape index (κ2) is 5.76. The molecule has 1 N–H and O–H groups in total. The summed E-state index contributed by atoms with van der Waals surface area (Å²) in [5.74, 6) is 0.668. The maximum absolute atomic E-state index is 3.40. The Morgan fingerprint density at radius 2 is 1.85 bits per heavy atom. The summed E-state index contributed by atoms with van der Waals surface area (Å²) < 4.78 is 0. The summed E-state index contributed by atoms with van der Waals surface area (Å²) in [7, 11) is 0. The van der Waals surface area contributed by atoms with Crippen LogP contribution in [0, 0.1) is 0 Å². The molecule has 0 spiro atoms. The minimum Gasteiger partial charge on any atom is -0.316 e. The summed E-state index contributed by atoms with van der Waals surface area (Å²) in [6.45, 7) is 6.55. The fourth-order valence-corrected chi connectivity index (χ4v) is 1.54. The fourth-order valence-electron chi connectivity index (χ4n) is 1.54. The number of hydrogen-bond acceptors (Lipinski definition) is 1. The molecule has 13 heavy (non-hydrogen) atoms. The molecule has 0 aliphatic heterocycles. The van der Waals surface area contributed by atoms with Crippen LogP contribution in [0.25, 0.3) is 0 Å². The van der Waals surface area contributed by atoms with E-state index in [1.54, 1.807) is 0 Å².